The molecule has 3 heterocycles. The van der Waals surface area contributed by atoms with Gasteiger partial charge in [-0.3, -0.25) is 4.90 Å². The number of anilines is 1. The number of aromatic nitrogens is 1. The Bertz CT molecular complexity index is 992. The third-order valence-corrected chi connectivity index (χ3v) is 5.07. The van der Waals surface area contributed by atoms with Gasteiger partial charge >= 0.3 is 0 Å². The fourth-order valence-corrected chi connectivity index (χ4v) is 3.68. The summed E-state index contributed by atoms with van der Waals surface area (Å²) in [7, 11) is 0. The van der Waals surface area contributed by atoms with Crippen molar-refractivity contribution in [3.63, 3.8) is 0 Å². The van der Waals surface area contributed by atoms with Crippen LogP contribution < -0.4 is 4.90 Å². The molecule has 1 aromatic carbocycles. The Hall–Kier alpha value is -3.17. The van der Waals surface area contributed by atoms with Crippen molar-refractivity contribution in [2.75, 3.05) is 24.5 Å². The van der Waals surface area contributed by atoms with Crippen molar-refractivity contribution in [2.24, 2.45) is 0 Å². The first-order valence-corrected chi connectivity index (χ1v) is 9.33. The van der Waals surface area contributed by atoms with Crippen LogP contribution in [0.2, 0.25) is 0 Å². The van der Waals surface area contributed by atoms with E-state index < -0.39 is 0 Å². The van der Waals surface area contributed by atoms with Crippen LogP contribution >= 0.6 is 0 Å². The molecule has 4 rings (SSSR count). The summed E-state index contributed by atoms with van der Waals surface area (Å²) >= 11 is 0. The van der Waals surface area contributed by atoms with Crippen molar-refractivity contribution in [1.29, 1.82) is 5.26 Å². The minimum atomic E-state index is -0.318. The van der Waals surface area contributed by atoms with Crippen LogP contribution in [0.3, 0.4) is 0 Å². The molecule has 1 unspecified atom stereocenters. The van der Waals surface area contributed by atoms with Crippen LogP contribution in [0.25, 0.3) is 11.3 Å². The molecule has 1 fully saturated rings. The van der Waals surface area contributed by atoms with Gasteiger partial charge in [0.15, 0.2) is 0 Å². The average Bonchev–Trinajstić information content (AvgIpc) is 3.17. The summed E-state index contributed by atoms with van der Waals surface area (Å²) in [6.07, 6.45) is 1.26. The Morgan fingerprint density at radius 3 is 2.79 bits per heavy atom. The van der Waals surface area contributed by atoms with E-state index in [-0.39, 0.29) is 11.9 Å². The summed E-state index contributed by atoms with van der Waals surface area (Å²) < 4.78 is 19.1. The zero-order chi connectivity index (χ0) is 19.5. The number of halogens is 1. The van der Waals surface area contributed by atoms with Crippen molar-refractivity contribution in [3.8, 4) is 17.4 Å². The molecule has 0 spiro atoms. The molecule has 2 aromatic heterocycles. The molecule has 0 bridgehead atoms. The first-order chi connectivity index (χ1) is 13.6. The normalized spacial score (nSPS) is 17.5. The van der Waals surface area contributed by atoms with Gasteiger partial charge in [-0.25, -0.2) is 9.37 Å². The number of nitriles is 1. The number of hydrogen-bond donors (Lipinski definition) is 0. The largest absolute Gasteiger partial charge is 0.460 e. The molecular weight excluding hydrogens is 355 g/mol. The predicted octanol–water partition coefficient (Wildman–Crippen LogP) is 4.06. The Labute approximate surface area is 163 Å². The van der Waals surface area contributed by atoms with Crippen molar-refractivity contribution in [1.82, 2.24) is 9.88 Å². The lowest BCUT2D eigenvalue weighted by Crippen LogP contribution is -2.51. The lowest BCUT2D eigenvalue weighted by atomic mass is 10.1. The summed E-state index contributed by atoms with van der Waals surface area (Å²) in [4.78, 5) is 8.74. The van der Waals surface area contributed by atoms with Gasteiger partial charge in [0.05, 0.1) is 24.4 Å². The molecule has 0 aliphatic carbocycles. The summed E-state index contributed by atoms with van der Waals surface area (Å²) in [6.45, 7) is 5.42. The van der Waals surface area contributed by atoms with Crippen molar-refractivity contribution < 1.29 is 8.81 Å². The second kappa shape index (κ2) is 7.83. The molecule has 6 heteroatoms. The van der Waals surface area contributed by atoms with E-state index in [2.05, 4.69) is 27.8 Å². The fourth-order valence-electron chi connectivity index (χ4n) is 3.68. The van der Waals surface area contributed by atoms with Crippen LogP contribution in [0.5, 0.6) is 0 Å². The van der Waals surface area contributed by atoms with Gasteiger partial charge < -0.3 is 9.32 Å². The van der Waals surface area contributed by atoms with E-state index in [9.17, 15) is 9.65 Å². The molecule has 1 atom stereocenters. The molecule has 0 amide bonds. The monoisotopic (exact) mass is 376 g/mol. The summed E-state index contributed by atoms with van der Waals surface area (Å²) in [6, 6.07) is 17.0. The van der Waals surface area contributed by atoms with Gasteiger partial charge in [-0.05, 0) is 43.3 Å². The molecule has 1 aliphatic heterocycles. The van der Waals surface area contributed by atoms with Crippen LogP contribution in [0.4, 0.5) is 10.2 Å². The highest BCUT2D eigenvalue weighted by Gasteiger charge is 2.25. The van der Waals surface area contributed by atoms with Crippen LogP contribution in [0, 0.1) is 17.1 Å². The Balaban J connectivity index is 1.42. The zero-order valence-electron chi connectivity index (χ0n) is 15.7. The lowest BCUT2D eigenvalue weighted by Gasteiger charge is -2.40. The summed E-state index contributed by atoms with van der Waals surface area (Å²) in [5, 5.41) is 9.28. The predicted molar refractivity (Wildman–Crippen MR) is 105 cm³/mol. The van der Waals surface area contributed by atoms with Gasteiger partial charge in [0.1, 0.15) is 23.2 Å². The Morgan fingerprint density at radius 2 is 2.04 bits per heavy atom. The topological polar surface area (TPSA) is 56.3 Å². The third-order valence-electron chi connectivity index (χ3n) is 5.07. The maximum absolute atomic E-state index is 13.1. The van der Waals surface area contributed by atoms with Crippen LogP contribution in [0.15, 0.2) is 59.1 Å². The smallest absolute Gasteiger partial charge is 0.141 e. The highest BCUT2D eigenvalue weighted by atomic mass is 19.1. The molecular formula is C22H21FN4O. The molecule has 5 nitrogen and oxygen atoms in total. The van der Waals surface area contributed by atoms with Crippen LogP contribution in [-0.4, -0.2) is 35.6 Å². The van der Waals surface area contributed by atoms with E-state index in [0.717, 1.165) is 36.8 Å². The second-order valence-electron chi connectivity index (χ2n) is 7.04. The van der Waals surface area contributed by atoms with E-state index in [0.29, 0.717) is 17.9 Å². The number of piperazine rings is 1. The van der Waals surface area contributed by atoms with Gasteiger partial charge in [-0.2, -0.15) is 5.26 Å². The van der Waals surface area contributed by atoms with Crippen molar-refractivity contribution in [3.05, 3.63) is 71.9 Å². The summed E-state index contributed by atoms with van der Waals surface area (Å²) in [5.74, 6) is 2.08. The number of pyridine rings is 1. The van der Waals surface area contributed by atoms with E-state index in [4.69, 9.17) is 4.42 Å². The Morgan fingerprint density at radius 1 is 1.18 bits per heavy atom. The number of rotatable bonds is 4. The Kier molecular flexibility index (Phi) is 5.09. The first kappa shape index (κ1) is 18.2. The van der Waals surface area contributed by atoms with Gasteiger partial charge in [0, 0.05) is 31.2 Å². The van der Waals surface area contributed by atoms with Gasteiger partial charge in [-0.1, -0.05) is 12.1 Å². The fraction of sp³-hybridized carbons (Fsp3) is 0.273. The summed E-state index contributed by atoms with van der Waals surface area (Å²) in [5.41, 5.74) is 1.43. The second-order valence-corrected chi connectivity index (χ2v) is 7.04. The quantitative estimate of drug-likeness (QED) is 0.687. The minimum Gasteiger partial charge on any atom is -0.460 e. The minimum absolute atomic E-state index is 0.264. The zero-order valence-corrected chi connectivity index (χ0v) is 15.7. The van der Waals surface area contributed by atoms with E-state index in [1.807, 2.05) is 30.3 Å². The van der Waals surface area contributed by atoms with E-state index in [1.54, 1.807) is 12.1 Å². The molecule has 3 aromatic rings. The standard InChI is InChI=1S/C22H21FN4O/c1-16-14-26(10-11-27(16)22-9-6-18(23)13-25-22)15-19-7-8-21(28-19)20-5-3-2-4-17(20)12-24/h2-9,13,16H,10-11,14-15H2,1H3. The maximum atomic E-state index is 13.1. The highest BCUT2D eigenvalue weighted by Crippen LogP contribution is 2.27. The number of benzene rings is 1. The molecule has 0 radical (unpaired) electrons. The lowest BCUT2D eigenvalue weighted by molar-refractivity contribution is 0.205. The highest BCUT2D eigenvalue weighted by molar-refractivity contribution is 5.66. The SMILES string of the molecule is CC1CN(Cc2ccc(-c3ccccc3C#N)o2)CCN1c1ccc(F)cn1. The van der Waals surface area contributed by atoms with Crippen LogP contribution in [0.1, 0.15) is 18.2 Å². The molecule has 0 saturated carbocycles. The first-order valence-electron chi connectivity index (χ1n) is 9.33. The maximum Gasteiger partial charge on any atom is 0.141 e. The number of furan rings is 1. The van der Waals surface area contributed by atoms with E-state index >= 15 is 0 Å². The van der Waals surface area contributed by atoms with Crippen molar-refractivity contribution >= 4 is 5.82 Å². The average molecular weight is 376 g/mol. The van der Waals surface area contributed by atoms with Crippen molar-refractivity contribution in [2.45, 2.75) is 19.5 Å². The molecule has 28 heavy (non-hydrogen) atoms. The third kappa shape index (κ3) is 3.75. The number of hydrogen-bond acceptors (Lipinski definition) is 5. The van der Waals surface area contributed by atoms with Gasteiger partial charge in [0.2, 0.25) is 0 Å². The van der Waals surface area contributed by atoms with Crippen LogP contribution in [-0.2, 0) is 6.54 Å². The van der Waals surface area contributed by atoms with Gasteiger partial charge in [0.25, 0.3) is 0 Å². The van der Waals surface area contributed by atoms with Gasteiger partial charge in [-0.15, -0.1) is 0 Å². The molecule has 1 aliphatic rings. The molecule has 142 valence electrons. The van der Waals surface area contributed by atoms with E-state index in [1.165, 1.54) is 12.3 Å². The molecule has 1 saturated heterocycles. The molecule has 0 N–H and O–H groups in total. The number of nitrogens with zero attached hydrogens (tertiary/aromatic N) is 4.